The molecule has 3 rings (SSSR count). The minimum Gasteiger partial charge on any atom is -0.480 e. The number of nitrogens with zero attached hydrogens (tertiary/aromatic N) is 1. The lowest BCUT2D eigenvalue weighted by atomic mass is 9.92. The molecule has 2 atom stereocenters. The van der Waals surface area contributed by atoms with Crippen LogP contribution >= 0.6 is 11.3 Å². The highest BCUT2D eigenvalue weighted by molar-refractivity contribution is 7.10. The molecule has 0 unspecified atom stereocenters. The van der Waals surface area contributed by atoms with E-state index in [1.54, 1.807) is 0 Å². The van der Waals surface area contributed by atoms with Gasteiger partial charge in [-0.15, -0.1) is 11.3 Å². The van der Waals surface area contributed by atoms with Crippen molar-refractivity contribution in [3.63, 3.8) is 0 Å². The van der Waals surface area contributed by atoms with Crippen molar-refractivity contribution in [2.75, 3.05) is 0 Å². The van der Waals surface area contributed by atoms with Gasteiger partial charge < -0.3 is 10.0 Å². The van der Waals surface area contributed by atoms with Crippen LogP contribution in [0.2, 0.25) is 0 Å². The van der Waals surface area contributed by atoms with Crippen LogP contribution in [0, 0.1) is 0 Å². The predicted molar refractivity (Wildman–Crippen MR) is 84.9 cm³/mol. The van der Waals surface area contributed by atoms with Crippen LogP contribution in [0.3, 0.4) is 0 Å². The van der Waals surface area contributed by atoms with Gasteiger partial charge in [-0.2, -0.15) is 0 Å². The Morgan fingerprint density at radius 3 is 2.59 bits per heavy atom. The van der Waals surface area contributed by atoms with Crippen molar-refractivity contribution in [3.05, 3.63) is 57.8 Å². The second-order valence-electron chi connectivity index (χ2n) is 5.53. The van der Waals surface area contributed by atoms with Gasteiger partial charge in [-0.05, 0) is 29.5 Å². The van der Waals surface area contributed by atoms with Gasteiger partial charge in [0.2, 0.25) is 5.91 Å². The zero-order chi connectivity index (χ0) is 15.7. The fourth-order valence-electron chi connectivity index (χ4n) is 2.88. The fraction of sp³-hybridized carbons (Fsp3) is 0.294. The lowest BCUT2D eigenvalue weighted by molar-refractivity contribution is -0.151. The molecule has 22 heavy (non-hydrogen) atoms. The largest absolute Gasteiger partial charge is 0.480 e. The monoisotopic (exact) mass is 315 g/mol. The summed E-state index contributed by atoms with van der Waals surface area (Å²) in [6, 6.07) is 10.8. The smallest absolute Gasteiger partial charge is 0.326 e. The molecule has 4 nitrogen and oxygen atoms in total. The highest BCUT2D eigenvalue weighted by Crippen LogP contribution is 2.29. The van der Waals surface area contributed by atoms with Crippen molar-refractivity contribution in [2.24, 2.45) is 0 Å². The number of hydrogen-bond acceptors (Lipinski definition) is 3. The van der Waals surface area contributed by atoms with E-state index in [1.807, 2.05) is 48.7 Å². The van der Waals surface area contributed by atoms with E-state index in [9.17, 15) is 14.7 Å². The highest BCUT2D eigenvalue weighted by Gasteiger charge is 2.36. The summed E-state index contributed by atoms with van der Waals surface area (Å²) in [5.41, 5.74) is 2.05. The topological polar surface area (TPSA) is 57.6 Å². The molecule has 0 radical (unpaired) electrons. The minimum absolute atomic E-state index is 0.121. The second-order valence-corrected chi connectivity index (χ2v) is 6.51. The third-order valence-corrected chi connectivity index (χ3v) is 5.21. The van der Waals surface area contributed by atoms with Crippen molar-refractivity contribution in [1.29, 1.82) is 0 Å². The van der Waals surface area contributed by atoms with E-state index in [0.29, 0.717) is 13.0 Å². The number of benzene rings is 1. The molecule has 0 saturated carbocycles. The maximum Gasteiger partial charge on any atom is 0.326 e. The maximum atomic E-state index is 12.8. The van der Waals surface area contributed by atoms with Gasteiger partial charge in [0, 0.05) is 17.8 Å². The molecule has 0 bridgehead atoms. The first-order valence-corrected chi connectivity index (χ1v) is 8.09. The Labute approximate surface area is 133 Å². The number of carboxylic acid groups (broad SMARTS) is 1. The van der Waals surface area contributed by atoms with Crippen molar-refractivity contribution in [1.82, 2.24) is 4.90 Å². The van der Waals surface area contributed by atoms with Gasteiger partial charge in [0.05, 0.1) is 5.92 Å². The number of aliphatic carboxylic acids is 1. The van der Waals surface area contributed by atoms with Crippen LogP contribution < -0.4 is 0 Å². The van der Waals surface area contributed by atoms with Crippen molar-refractivity contribution in [3.8, 4) is 0 Å². The first-order chi connectivity index (χ1) is 10.6. The first-order valence-electron chi connectivity index (χ1n) is 7.21. The predicted octanol–water partition coefficient (Wildman–Crippen LogP) is 2.89. The van der Waals surface area contributed by atoms with E-state index in [0.717, 1.165) is 16.0 Å². The molecule has 1 aromatic heterocycles. The van der Waals surface area contributed by atoms with Gasteiger partial charge >= 0.3 is 5.97 Å². The summed E-state index contributed by atoms with van der Waals surface area (Å²) in [6.07, 6.45) is 0.369. The Kier molecular flexibility index (Phi) is 3.98. The number of hydrogen-bond donors (Lipinski definition) is 1. The van der Waals surface area contributed by atoms with E-state index in [-0.39, 0.29) is 11.8 Å². The van der Waals surface area contributed by atoms with E-state index in [2.05, 4.69) is 0 Å². The van der Waals surface area contributed by atoms with Crippen LogP contribution in [-0.4, -0.2) is 27.9 Å². The maximum absolute atomic E-state index is 12.8. The number of carboxylic acids is 1. The van der Waals surface area contributed by atoms with Gasteiger partial charge in [0.15, 0.2) is 0 Å². The van der Waals surface area contributed by atoms with Crippen molar-refractivity contribution in [2.45, 2.75) is 31.8 Å². The lowest BCUT2D eigenvalue weighted by Crippen LogP contribution is -2.49. The standard InChI is InChI=1S/C17H17NO3S/c1-11(15-7-4-8-22-15)16(19)18-10-13-6-3-2-5-12(13)9-14(18)17(20)21/h2-8,11,14H,9-10H2,1H3,(H,20,21)/t11-,14+/m0/s1. The molecule has 1 aliphatic rings. The van der Waals surface area contributed by atoms with Crippen LogP contribution in [0.4, 0.5) is 0 Å². The number of amides is 1. The average molecular weight is 315 g/mol. The van der Waals surface area contributed by atoms with Crippen LogP contribution in [0.1, 0.15) is 28.8 Å². The zero-order valence-corrected chi connectivity index (χ0v) is 13.0. The summed E-state index contributed by atoms with van der Waals surface area (Å²) in [4.78, 5) is 26.9. The molecule has 1 aromatic carbocycles. The van der Waals surface area contributed by atoms with Gasteiger partial charge in [-0.3, -0.25) is 4.79 Å². The number of carbonyl (C=O) groups is 2. The molecular weight excluding hydrogens is 298 g/mol. The van der Waals surface area contributed by atoms with Gasteiger partial charge in [0.25, 0.3) is 0 Å². The number of thiophene rings is 1. The lowest BCUT2D eigenvalue weighted by Gasteiger charge is -2.35. The molecule has 1 N–H and O–H groups in total. The van der Waals surface area contributed by atoms with E-state index in [4.69, 9.17) is 0 Å². The molecular formula is C17H17NO3S. The van der Waals surface area contributed by atoms with Crippen LogP contribution in [0.25, 0.3) is 0 Å². The van der Waals surface area contributed by atoms with Gasteiger partial charge in [0.1, 0.15) is 6.04 Å². The SMILES string of the molecule is C[C@H](C(=O)N1Cc2ccccc2C[C@@H]1C(=O)O)c1cccs1. The second kappa shape index (κ2) is 5.93. The fourth-order valence-corrected chi connectivity index (χ4v) is 3.66. The highest BCUT2D eigenvalue weighted by atomic mass is 32.1. The Morgan fingerprint density at radius 1 is 1.23 bits per heavy atom. The van der Waals surface area contributed by atoms with Crippen LogP contribution in [0.15, 0.2) is 41.8 Å². The van der Waals surface area contributed by atoms with E-state index in [1.165, 1.54) is 16.2 Å². The molecule has 0 saturated heterocycles. The molecule has 0 spiro atoms. The third kappa shape index (κ3) is 2.64. The Morgan fingerprint density at radius 2 is 1.95 bits per heavy atom. The molecule has 114 valence electrons. The van der Waals surface area contributed by atoms with E-state index >= 15 is 0 Å². The first kappa shape index (κ1) is 14.8. The number of fused-ring (bicyclic) bond motifs is 1. The van der Waals surface area contributed by atoms with Gasteiger partial charge in [-0.1, -0.05) is 30.3 Å². The average Bonchev–Trinajstić information content (AvgIpc) is 3.06. The quantitative estimate of drug-likeness (QED) is 0.947. The summed E-state index contributed by atoms with van der Waals surface area (Å²) < 4.78 is 0. The summed E-state index contributed by atoms with van der Waals surface area (Å²) in [6.45, 7) is 2.20. The number of carbonyl (C=O) groups excluding carboxylic acids is 1. The summed E-state index contributed by atoms with van der Waals surface area (Å²) >= 11 is 1.52. The van der Waals surface area contributed by atoms with Crippen LogP contribution in [-0.2, 0) is 22.6 Å². The molecule has 2 heterocycles. The molecule has 1 aliphatic heterocycles. The zero-order valence-electron chi connectivity index (χ0n) is 12.2. The molecule has 1 amide bonds. The summed E-state index contributed by atoms with van der Waals surface area (Å²) in [7, 11) is 0. The third-order valence-electron chi connectivity index (χ3n) is 4.16. The Bertz CT molecular complexity index is 696. The van der Waals surface area contributed by atoms with E-state index < -0.39 is 12.0 Å². The Balaban J connectivity index is 1.90. The number of rotatable bonds is 3. The van der Waals surface area contributed by atoms with Crippen LogP contribution in [0.5, 0.6) is 0 Å². The normalized spacial score (nSPS) is 18.6. The van der Waals surface area contributed by atoms with Crippen molar-refractivity contribution >= 4 is 23.2 Å². The summed E-state index contributed by atoms with van der Waals surface area (Å²) in [5.74, 6) is -1.38. The molecule has 0 aliphatic carbocycles. The summed E-state index contributed by atoms with van der Waals surface area (Å²) in [5, 5.41) is 11.4. The van der Waals surface area contributed by atoms with Gasteiger partial charge in [-0.25, -0.2) is 4.79 Å². The minimum atomic E-state index is -0.943. The van der Waals surface area contributed by atoms with Crippen molar-refractivity contribution < 1.29 is 14.7 Å². The molecule has 5 heteroatoms. The molecule has 2 aromatic rings. The Hall–Kier alpha value is -2.14. The molecule has 0 fully saturated rings.